The predicted octanol–water partition coefficient (Wildman–Crippen LogP) is 3.44. The molecule has 0 saturated carbocycles. The number of halogens is 4. The summed E-state index contributed by atoms with van der Waals surface area (Å²) in [6, 6.07) is 5.08. The van der Waals surface area contributed by atoms with E-state index in [1.165, 1.54) is 19.1 Å². The van der Waals surface area contributed by atoms with Crippen molar-refractivity contribution in [1.29, 1.82) is 0 Å². The standard InChI is InChI=1S/C16H18F4N4O2S/c1-3-24(9-15(2,26)16(18,19)20)14(25)21-13-23-22-12(27-13)8-10-5-4-6-11(17)7-10/h4-7,26H,3,8-9H2,1-2H3,(H,21,23,25)/t15-/m1/s1. The Hall–Kier alpha value is -2.27. The average molecular weight is 406 g/mol. The summed E-state index contributed by atoms with van der Waals surface area (Å²) in [7, 11) is 0. The van der Waals surface area contributed by atoms with E-state index >= 15 is 0 Å². The van der Waals surface area contributed by atoms with Crippen molar-refractivity contribution in [2.24, 2.45) is 0 Å². The summed E-state index contributed by atoms with van der Waals surface area (Å²) in [6.07, 6.45) is -4.58. The lowest BCUT2D eigenvalue weighted by Gasteiger charge is -2.32. The Labute approximate surface area is 156 Å². The van der Waals surface area contributed by atoms with Crippen LogP contribution in [0.3, 0.4) is 0 Å². The number of aromatic nitrogens is 2. The number of amides is 2. The molecule has 0 aliphatic heterocycles. The Morgan fingerprint density at radius 2 is 2.04 bits per heavy atom. The number of carbonyl (C=O) groups excluding carboxylic acids is 1. The number of urea groups is 1. The van der Waals surface area contributed by atoms with E-state index in [9.17, 15) is 27.5 Å². The quantitative estimate of drug-likeness (QED) is 0.721. The second-order valence-electron chi connectivity index (χ2n) is 6.02. The highest BCUT2D eigenvalue weighted by atomic mass is 32.1. The van der Waals surface area contributed by atoms with Crippen molar-refractivity contribution in [2.75, 3.05) is 18.4 Å². The molecule has 11 heteroatoms. The zero-order valence-corrected chi connectivity index (χ0v) is 15.4. The van der Waals surface area contributed by atoms with Crippen LogP contribution in [-0.2, 0) is 6.42 Å². The highest BCUT2D eigenvalue weighted by Crippen LogP contribution is 2.31. The summed E-state index contributed by atoms with van der Waals surface area (Å²) in [5, 5.41) is 20.2. The number of nitrogens with one attached hydrogen (secondary N) is 1. The number of hydrogen-bond acceptors (Lipinski definition) is 5. The van der Waals surface area contributed by atoms with E-state index in [4.69, 9.17) is 0 Å². The molecule has 2 rings (SSSR count). The Balaban J connectivity index is 2.01. The molecule has 27 heavy (non-hydrogen) atoms. The van der Waals surface area contributed by atoms with Crippen LogP contribution in [0, 0.1) is 5.82 Å². The van der Waals surface area contributed by atoms with E-state index in [0.717, 1.165) is 16.2 Å². The minimum absolute atomic E-state index is 0.0486. The lowest BCUT2D eigenvalue weighted by atomic mass is 10.1. The number of anilines is 1. The Kier molecular flexibility index (Phi) is 6.37. The van der Waals surface area contributed by atoms with Crippen LogP contribution in [-0.4, -0.2) is 51.1 Å². The van der Waals surface area contributed by atoms with E-state index in [0.29, 0.717) is 23.9 Å². The molecule has 1 aromatic heterocycles. The van der Waals surface area contributed by atoms with Gasteiger partial charge < -0.3 is 10.0 Å². The zero-order valence-electron chi connectivity index (χ0n) is 14.5. The Bertz CT molecular complexity index is 795. The molecule has 0 radical (unpaired) electrons. The van der Waals surface area contributed by atoms with Gasteiger partial charge in [0.05, 0.1) is 6.54 Å². The second kappa shape index (κ2) is 8.17. The topological polar surface area (TPSA) is 78.4 Å². The molecule has 2 aromatic rings. The minimum atomic E-state index is -4.87. The van der Waals surface area contributed by atoms with Crippen LogP contribution in [0.15, 0.2) is 24.3 Å². The molecule has 0 aliphatic carbocycles. The smallest absolute Gasteiger partial charge is 0.379 e. The zero-order chi connectivity index (χ0) is 20.2. The van der Waals surface area contributed by atoms with E-state index in [2.05, 4.69) is 15.5 Å². The van der Waals surface area contributed by atoms with Crippen molar-refractivity contribution in [3.05, 3.63) is 40.7 Å². The second-order valence-corrected chi connectivity index (χ2v) is 7.09. The van der Waals surface area contributed by atoms with Crippen LogP contribution in [0.25, 0.3) is 0 Å². The van der Waals surface area contributed by atoms with Crippen molar-refractivity contribution >= 4 is 22.5 Å². The molecule has 0 unspecified atom stereocenters. The van der Waals surface area contributed by atoms with Crippen LogP contribution < -0.4 is 5.32 Å². The molecular weight excluding hydrogens is 388 g/mol. The summed E-state index contributed by atoms with van der Waals surface area (Å²) in [5.41, 5.74) is -2.37. The largest absolute Gasteiger partial charge is 0.418 e. The van der Waals surface area contributed by atoms with Gasteiger partial charge in [0.15, 0.2) is 5.60 Å². The maximum Gasteiger partial charge on any atom is 0.418 e. The van der Waals surface area contributed by atoms with E-state index in [1.807, 2.05) is 0 Å². The van der Waals surface area contributed by atoms with Gasteiger partial charge in [-0.25, -0.2) is 9.18 Å². The van der Waals surface area contributed by atoms with Crippen LogP contribution in [0.5, 0.6) is 0 Å². The number of aliphatic hydroxyl groups is 1. The average Bonchev–Trinajstić information content (AvgIpc) is 2.98. The van der Waals surface area contributed by atoms with Gasteiger partial charge >= 0.3 is 12.2 Å². The first kappa shape index (κ1) is 21.0. The molecule has 1 heterocycles. The summed E-state index contributed by atoms with van der Waals surface area (Å²) in [4.78, 5) is 13.0. The fourth-order valence-corrected chi connectivity index (χ4v) is 2.92. The number of hydrogen-bond donors (Lipinski definition) is 2. The predicted molar refractivity (Wildman–Crippen MR) is 92.1 cm³/mol. The van der Waals surface area contributed by atoms with Gasteiger partial charge in [-0.3, -0.25) is 5.32 Å². The van der Waals surface area contributed by atoms with E-state index < -0.39 is 24.4 Å². The number of nitrogens with zero attached hydrogens (tertiary/aromatic N) is 3. The fourth-order valence-electron chi connectivity index (χ4n) is 2.16. The maximum absolute atomic E-state index is 13.2. The van der Waals surface area contributed by atoms with Gasteiger partial charge in [-0.15, -0.1) is 10.2 Å². The first-order chi connectivity index (χ1) is 12.5. The van der Waals surface area contributed by atoms with Crippen molar-refractivity contribution in [2.45, 2.75) is 32.0 Å². The molecule has 2 amide bonds. The molecule has 6 nitrogen and oxygen atoms in total. The molecule has 0 bridgehead atoms. The highest BCUT2D eigenvalue weighted by Gasteiger charge is 2.51. The van der Waals surface area contributed by atoms with Crippen molar-refractivity contribution < 1.29 is 27.5 Å². The number of alkyl halides is 3. The van der Waals surface area contributed by atoms with Gasteiger partial charge in [-0.1, -0.05) is 23.5 Å². The molecule has 2 N–H and O–H groups in total. The molecule has 1 aromatic carbocycles. The molecule has 0 fully saturated rings. The van der Waals surface area contributed by atoms with Gasteiger partial charge in [0.25, 0.3) is 0 Å². The third kappa shape index (κ3) is 5.60. The van der Waals surface area contributed by atoms with Gasteiger partial charge in [-0.05, 0) is 31.5 Å². The minimum Gasteiger partial charge on any atom is -0.379 e. The summed E-state index contributed by atoms with van der Waals surface area (Å²) in [5.74, 6) is -0.388. The van der Waals surface area contributed by atoms with Gasteiger partial charge in [0, 0.05) is 13.0 Å². The fraction of sp³-hybridized carbons (Fsp3) is 0.438. The van der Waals surface area contributed by atoms with Crippen molar-refractivity contribution in [1.82, 2.24) is 15.1 Å². The third-order valence-corrected chi connectivity index (χ3v) is 4.54. The molecule has 0 saturated heterocycles. The number of carbonyl (C=O) groups is 1. The van der Waals surface area contributed by atoms with Crippen LogP contribution in [0.4, 0.5) is 27.5 Å². The molecular formula is C16H18F4N4O2S. The Morgan fingerprint density at radius 1 is 1.33 bits per heavy atom. The summed E-state index contributed by atoms with van der Waals surface area (Å²) < 4.78 is 51.6. The first-order valence-corrected chi connectivity index (χ1v) is 8.75. The molecule has 0 spiro atoms. The van der Waals surface area contributed by atoms with E-state index in [1.54, 1.807) is 12.1 Å². The van der Waals surface area contributed by atoms with Crippen LogP contribution >= 0.6 is 11.3 Å². The summed E-state index contributed by atoms with van der Waals surface area (Å²) >= 11 is 1.03. The highest BCUT2D eigenvalue weighted by molar-refractivity contribution is 7.15. The number of likely N-dealkylation sites (N-methyl/N-ethyl adjacent to an activating group) is 1. The number of benzene rings is 1. The molecule has 0 aliphatic rings. The lowest BCUT2D eigenvalue weighted by molar-refractivity contribution is -0.255. The third-order valence-electron chi connectivity index (χ3n) is 3.70. The van der Waals surface area contributed by atoms with Crippen molar-refractivity contribution in [3.8, 4) is 0 Å². The molecule has 148 valence electrons. The molecule has 1 atom stereocenters. The Morgan fingerprint density at radius 3 is 2.63 bits per heavy atom. The van der Waals surface area contributed by atoms with Crippen molar-refractivity contribution in [3.63, 3.8) is 0 Å². The number of rotatable bonds is 6. The monoisotopic (exact) mass is 406 g/mol. The van der Waals surface area contributed by atoms with Gasteiger partial charge in [-0.2, -0.15) is 13.2 Å². The van der Waals surface area contributed by atoms with Crippen LogP contribution in [0.1, 0.15) is 24.4 Å². The maximum atomic E-state index is 13.2. The van der Waals surface area contributed by atoms with Crippen LogP contribution in [0.2, 0.25) is 0 Å². The van der Waals surface area contributed by atoms with Gasteiger partial charge in [0.2, 0.25) is 5.13 Å². The first-order valence-electron chi connectivity index (χ1n) is 7.93. The lowest BCUT2D eigenvalue weighted by Crippen LogP contribution is -2.53. The van der Waals surface area contributed by atoms with E-state index in [-0.39, 0.29) is 17.5 Å². The SMILES string of the molecule is CCN(C[C@@](C)(O)C(F)(F)F)C(=O)Nc1nnc(Cc2cccc(F)c2)s1. The summed E-state index contributed by atoms with van der Waals surface area (Å²) in [6.45, 7) is 1.12. The van der Waals surface area contributed by atoms with Gasteiger partial charge in [0.1, 0.15) is 10.8 Å². The normalized spacial score (nSPS) is 13.9.